The number of benzene rings is 3. The van der Waals surface area contributed by atoms with Gasteiger partial charge in [0.15, 0.2) is 0 Å². The summed E-state index contributed by atoms with van der Waals surface area (Å²) in [4.78, 5) is 14.4. The van der Waals surface area contributed by atoms with Crippen LogP contribution in [0.15, 0.2) is 77.7 Å². The lowest BCUT2D eigenvalue weighted by molar-refractivity contribution is 0.0993. The number of carbonyl (C=O) groups is 1. The zero-order valence-electron chi connectivity index (χ0n) is 16.0. The van der Waals surface area contributed by atoms with Gasteiger partial charge in [-0.25, -0.2) is 8.42 Å². The molecule has 0 aliphatic carbocycles. The molecule has 144 valence electrons. The number of sulfonamides is 1. The minimum atomic E-state index is -3.83. The number of hydrogen-bond donors (Lipinski definition) is 1. The van der Waals surface area contributed by atoms with Crippen molar-refractivity contribution in [2.24, 2.45) is 0 Å². The van der Waals surface area contributed by atoms with Crippen LogP contribution in [-0.2, 0) is 10.0 Å². The summed E-state index contributed by atoms with van der Waals surface area (Å²) in [5.74, 6) is -0.279. The molecule has 3 aromatic carbocycles. The predicted molar refractivity (Wildman–Crippen MR) is 112 cm³/mol. The molecule has 6 heteroatoms. The summed E-state index contributed by atoms with van der Waals surface area (Å²) in [5, 5.41) is 0. The summed E-state index contributed by atoms with van der Waals surface area (Å²) in [5.41, 5.74) is 2.94. The quantitative estimate of drug-likeness (QED) is 0.698. The van der Waals surface area contributed by atoms with Crippen molar-refractivity contribution >= 4 is 27.3 Å². The molecule has 0 fully saturated rings. The average Bonchev–Trinajstić information content (AvgIpc) is 2.69. The summed E-state index contributed by atoms with van der Waals surface area (Å²) in [6.07, 6.45) is 0. The topological polar surface area (TPSA) is 66.5 Å². The van der Waals surface area contributed by atoms with Crippen molar-refractivity contribution in [1.82, 2.24) is 0 Å². The summed E-state index contributed by atoms with van der Waals surface area (Å²) >= 11 is 0. The second kappa shape index (κ2) is 7.86. The number of hydrogen-bond acceptors (Lipinski definition) is 3. The molecular formula is C22H22N2O3S. The second-order valence-corrected chi connectivity index (χ2v) is 8.25. The van der Waals surface area contributed by atoms with Gasteiger partial charge in [0.2, 0.25) is 0 Å². The molecule has 3 rings (SSSR count). The van der Waals surface area contributed by atoms with Crippen LogP contribution < -0.4 is 9.62 Å². The zero-order chi connectivity index (χ0) is 20.3. The molecule has 0 unspecified atom stereocenters. The largest absolute Gasteiger partial charge is 0.311 e. The lowest BCUT2D eigenvalue weighted by Crippen LogP contribution is -2.26. The number of aryl methyl sites for hydroxylation is 2. The fourth-order valence-corrected chi connectivity index (χ4v) is 4.27. The Morgan fingerprint density at radius 1 is 0.857 bits per heavy atom. The molecule has 0 radical (unpaired) electrons. The Morgan fingerprint density at radius 2 is 1.50 bits per heavy atom. The fourth-order valence-electron chi connectivity index (χ4n) is 2.87. The molecule has 0 saturated heterocycles. The molecule has 5 nitrogen and oxygen atoms in total. The highest BCUT2D eigenvalue weighted by atomic mass is 32.2. The minimum Gasteiger partial charge on any atom is -0.311 e. The molecule has 0 bridgehead atoms. The number of nitrogens with one attached hydrogen (secondary N) is 1. The number of rotatable bonds is 5. The predicted octanol–water partition coefficient (Wildman–Crippen LogP) is 4.38. The number of nitrogens with zero attached hydrogens (tertiary/aromatic N) is 1. The van der Waals surface area contributed by atoms with E-state index < -0.39 is 10.0 Å². The fraction of sp³-hybridized carbons (Fsp3) is 0.136. The molecule has 0 saturated carbocycles. The Balaban J connectivity index is 1.95. The van der Waals surface area contributed by atoms with Crippen LogP contribution >= 0.6 is 0 Å². The van der Waals surface area contributed by atoms with E-state index >= 15 is 0 Å². The molecule has 3 aromatic rings. The molecule has 1 amide bonds. The Kier molecular flexibility index (Phi) is 5.51. The van der Waals surface area contributed by atoms with Crippen LogP contribution in [0.2, 0.25) is 0 Å². The maximum atomic E-state index is 13.0. The van der Waals surface area contributed by atoms with Gasteiger partial charge in [0.05, 0.1) is 10.6 Å². The van der Waals surface area contributed by atoms with E-state index in [1.807, 2.05) is 49.4 Å². The van der Waals surface area contributed by atoms with Gasteiger partial charge in [-0.15, -0.1) is 0 Å². The van der Waals surface area contributed by atoms with Crippen molar-refractivity contribution in [1.29, 1.82) is 0 Å². The SMILES string of the molecule is Cc1ccccc1NS(=O)(=O)c1cc(C(=O)N(C)c2ccccc2)ccc1C. The highest BCUT2D eigenvalue weighted by Gasteiger charge is 2.21. The molecule has 1 N–H and O–H groups in total. The number of carbonyl (C=O) groups excluding carboxylic acids is 1. The van der Waals surface area contributed by atoms with Crippen LogP contribution in [0.1, 0.15) is 21.5 Å². The summed E-state index contributed by atoms with van der Waals surface area (Å²) in [6.45, 7) is 3.54. The molecule has 0 aromatic heterocycles. The lowest BCUT2D eigenvalue weighted by Gasteiger charge is -2.18. The van der Waals surface area contributed by atoms with E-state index in [1.165, 1.54) is 11.0 Å². The van der Waals surface area contributed by atoms with Crippen LogP contribution in [0.5, 0.6) is 0 Å². The number of amides is 1. The average molecular weight is 394 g/mol. The van der Waals surface area contributed by atoms with Crippen LogP contribution in [0, 0.1) is 13.8 Å². The van der Waals surface area contributed by atoms with Gasteiger partial charge >= 0.3 is 0 Å². The van der Waals surface area contributed by atoms with Crippen LogP contribution in [0.25, 0.3) is 0 Å². The number of anilines is 2. The maximum absolute atomic E-state index is 13.0. The first-order valence-electron chi connectivity index (χ1n) is 8.82. The van der Waals surface area contributed by atoms with E-state index in [0.717, 1.165) is 11.3 Å². The van der Waals surface area contributed by atoms with Gasteiger partial charge in [-0.3, -0.25) is 9.52 Å². The smallest absolute Gasteiger partial charge is 0.262 e. The van der Waals surface area contributed by atoms with Crippen molar-refractivity contribution in [2.45, 2.75) is 18.7 Å². The lowest BCUT2D eigenvalue weighted by atomic mass is 10.1. The van der Waals surface area contributed by atoms with Gasteiger partial charge in [0.25, 0.3) is 15.9 Å². The Morgan fingerprint density at radius 3 is 2.18 bits per heavy atom. The molecule has 0 aliphatic rings. The Hall–Kier alpha value is -3.12. The van der Waals surface area contributed by atoms with E-state index in [1.54, 1.807) is 38.2 Å². The minimum absolute atomic E-state index is 0.0862. The van der Waals surface area contributed by atoms with E-state index in [-0.39, 0.29) is 10.8 Å². The summed E-state index contributed by atoms with van der Waals surface area (Å²) < 4.78 is 28.5. The van der Waals surface area contributed by atoms with Crippen molar-refractivity contribution in [3.05, 3.63) is 89.5 Å². The van der Waals surface area contributed by atoms with E-state index in [2.05, 4.69) is 4.72 Å². The van der Waals surface area contributed by atoms with Gasteiger partial charge in [-0.1, -0.05) is 42.5 Å². The van der Waals surface area contributed by atoms with Crippen molar-refractivity contribution < 1.29 is 13.2 Å². The van der Waals surface area contributed by atoms with E-state index in [0.29, 0.717) is 16.8 Å². The second-order valence-electron chi connectivity index (χ2n) is 6.60. The van der Waals surface area contributed by atoms with Crippen LogP contribution in [0.4, 0.5) is 11.4 Å². The maximum Gasteiger partial charge on any atom is 0.262 e. The molecular weight excluding hydrogens is 372 g/mol. The highest BCUT2D eigenvalue weighted by Crippen LogP contribution is 2.24. The van der Waals surface area contributed by atoms with E-state index in [9.17, 15) is 13.2 Å². The number of para-hydroxylation sites is 2. The first-order chi connectivity index (χ1) is 13.3. The third-order valence-corrected chi connectivity index (χ3v) is 6.07. The first-order valence-corrected chi connectivity index (χ1v) is 10.3. The highest BCUT2D eigenvalue weighted by molar-refractivity contribution is 7.92. The molecule has 0 heterocycles. The van der Waals surface area contributed by atoms with Crippen LogP contribution in [-0.4, -0.2) is 21.4 Å². The third-order valence-electron chi connectivity index (χ3n) is 4.56. The van der Waals surface area contributed by atoms with Crippen molar-refractivity contribution in [3.8, 4) is 0 Å². The monoisotopic (exact) mass is 394 g/mol. The Labute approximate surface area is 165 Å². The standard InChI is InChI=1S/C22H22N2O3S/c1-16-9-7-8-12-20(16)23-28(26,27)21-15-18(14-13-17(21)2)22(25)24(3)19-10-5-4-6-11-19/h4-15,23H,1-3H3. The van der Waals surface area contributed by atoms with Crippen molar-refractivity contribution in [2.75, 3.05) is 16.7 Å². The third kappa shape index (κ3) is 4.07. The summed E-state index contributed by atoms with van der Waals surface area (Å²) in [7, 11) is -2.17. The van der Waals surface area contributed by atoms with Gasteiger partial charge in [-0.05, 0) is 55.3 Å². The van der Waals surface area contributed by atoms with Gasteiger partial charge in [0.1, 0.15) is 0 Å². The van der Waals surface area contributed by atoms with E-state index in [4.69, 9.17) is 0 Å². The van der Waals surface area contributed by atoms with Gasteiger partial charge in [-0.2, -0.15) is 0 Å². The first kappa shape index (κ1) is 19.6. The van der Waals surface area contributed by atoms with Crippen molar-refractivity contribution in [3.63, 3.8) is 0 Å². The molecule has 0 aliphatic heterocycles. The van der Waals surface area contributed by atoms with Gasteiger partial charge < -0.3 is 4.90 Å². The van der Waals surface area contributed by atoms with Gasteiger partial charge in [0, 0.05) is 18.3 Å². The van der Waals surface area contributed by atoms with Crippen LogP contribution in [0.3, 0.4) is 0 Å². The normalized spacial score (nSPS) is 11.1. The summed E-state index contributed by atoms with van der Waals surface area (Å²) in [6, 6.07) is 21.1. The molecule has 0 spiro atoms. The molecule has 0 atom stereocenters. The zero-order valence-corrected chi connectivity index (χ0v) is 16.8. The Bertz CT molecular complexity index is 1110. The molecule has 28 heavy (non-hydrogen) atoms.